The first-order valence-electron chi connectivity index (χ1n) is 13.4. The van der Waals surface area contributed by atoms with Crippen LogP contribution in [0.25, 0.3) is 6.08 Å². The number of hydrogen-bond acceptors (Lipinski definition) is 9. The van der Waals surface area contributed by atoms with Gasteiger partial charge in [-0.15, -0.1) is 0 Å². The van der Waals surface area contributed by atoms with Crippen molar-refractivity contribution in [2.75, 3.05) is 31.3 Å². The maximum Gasteiger partial charge on any atom is 0.343 e. The molecule has 0 aromatic heterocycles. The first kappa shape index (κ1) is 30.6. The summed E-state index contributed by atoms with van der Waals surface area (Å²) in [5.41, 5.74) is 14.6. The maximum absolute atomic E-state index is 12.6. The summed E-state index contributed by atoms with van der Waals surface area (Å²) in [6.07, 6.45) is 6.87. The van der Waals surface area contributed by atoms with Crippen molar-refractivity contribution in [3.8, 4) is 23.3 Å². The molecule has 9 heteroatoms. The third kappa shape index (κ3) is 10.6. The van der Waals surface area contributed by atoms with E-state index in [4.69, 9.17) is 35.7 Å². The highest BCUT2D eigenvalue weighted by Gasteiger charge is 2.11. The molecule has 0 aliphatic rings. The third-order valence-electron chi connectivity index (χ3n) is 5.96. The van der Waals surface area contributed by atoms with Crippen LogP contribution < -0.4 is 25.7 Å². The molecule has 4 N–H and O–H groups in total. The average Bonchev–Trinajstić information content (AvgIpc) is 2.96. The van der Waals surface area contributed by atoms with Gasteiger partial charge < -0.3 is 30.4 Å². The van der Waals surface area contributed by atoms with Crippen LogP contribution in [-0.4, -0.2) is 31.8 Å². The Balaban J connectivity index is 1.35. The molecule has 0 aliphatic heterocycles. The van der Waals surface area contributed by atoms with Gasteiger partial charge in [-0.2, -0.15) is 5.26 Å². The number of carbonyl (C=O) groups excluding carboxylic acids is 2. The number of rotatable bonds is 15. The van der Waals surface area contributed by atoms with Crippen molar-refractivity contribution in [1.29, 1.82) is 5.26 Å². The number of carbonyl (C=O) groups is 2. The number of hydrogen-bond donors (Lipinski definition) is 2. The van der Waals surface area contributed by atoms with Crippen LogP contribution in [0.15, 0.2) is 66.7 Å². The second kappa shape index (κ2) is 16.2. The molecule has 3 aromatic carbocycles. The largest absolute Gasteiger partial charge is 0.494 e. The van der Waals surface area contributed by atoms with Crippen LogP contribution in [0.3, 0.4) is 0 Å². The summed E-state index contributed by atoms with van der Waals surface area (Å²) in [6, 6.07) is 19.2. The van der Waals surface area contributed by atoms with Gasteiger partial charge >= 0.3 is 11.9 Å². The molecule has 214 valence electrons. The first-order valence-corrected chi connectivity index (χ1v) is 13.4. The molecule has 0 spiro atoms. The van der Waals surface area contributed by atoms with Gasteiger partial charge in [-0.1, -0.05) is 6.07 Å². The molecular weight excluding hydrogens is 522 g/mol. The number of unbranched alkanes of at least 4 members (excludes halogenated alkanes) is 3. The average molecular weight is 558 g/mol. The quantitative estimate of drug-likeness (QED) is 0.0770. The number of benzene rings is 3. The van der Waals surface area contributed by atoms with Crippen molar-refractivity contribution < 1.29 is 28.5 Å². The molecule has 0 heterocycles. The van der Waals surface area contributed by atoms with Gasteiger partial charge in [-0.05, 0) is 104 Å². The molecule has 3 aromatic rings. The minimum atomic E-state index is -0.524. The fourth-order valence-electron chi connectivity index (χ4n) is 3.77. The summed E-state index contributed by atoms with van der Waals surface area (Å²) in [4.78, 5) is 24.3. The molecule has 0 aliphatic carbocycles. The molecule has 0 unspecified atom stereocenters. The van der Waals surface area contributed by atoms with Crippen molar-refractivity contribution in [3.63, 3.8) is 0 Å². The Kier molecular flexibility index (Phi) is 12.1. The van der Waals surface area contributed by atoms with E-state index in [1.807, 2.05) is 13.0 Å². The zero-order valence-electron chi connectivity index (χ0n) is 23.1. The van der Waals surface area contributed by atoms with E-state index in [1.165, 1.54) is 6.08 Å². The van der Waals surface area contributed by atoms with E-state index in [9.17, 15) is 9.59 Å². The van der Waals surface area contributed by atoms with E-state index in [1.54, 1.807) is 66.7 Å². The third-order valence-corrected chi connectivity index (χ3v) is 5.96. The predicted octanol–water partition coefficient (Wildman–Crippen LogP) is 5.87. The molecule has 41 heavy (non-hydrogen) atoms. The van der Waals surface area contributed by atoms with Gasteiger partial charge in [0.05, 0.1) is 37.0 Å². The summed E-state index contributed by atoms with van der Waals surface area (Å²) in [5.74, 6) is 0.755. The number of anilines is 2. The van der Waals surface area contributed by atoms with Gasteiger partial charge in [-0.3, -0.25) is 0 Å². The lowest BCUT2D eigenvalue weighted by Gasteiger charge is -2.10. The van der Waals surface area contributed by atoms with Gasteiger partial charge in [0.1, 0.15) is 23.9 Å². The molecular formula is C32H35N3O6. The molecule has 0 radical (unpaired) electrons. The van der Waals surface area contributed by atoms with E-state index in [0.29, 0.717) is 47.4 Å². The van der Waals surface area contributed by atoms with Gasteiger partial charge in [0.15, 0.2) is 0 Å². The fraction of sp³-hybridized carbons (Fsp3) is 0.281. The molecule has 0 saturated carbocycles. The van der Waals surface area contributed by atoms with E-state index >= 15 is 0 Å². The lowest BCUT2D eigenvalue weighted by Crippen LogP contribution is -2.09. The Morgan fingerprint density at radius 1 is 0.854 bits per heavy atom. The predicted molar refractivity (Wildman–Crippen MR) is 158 cm³/mol. The number of nitrogens with two attached hydrogens (primary N) is 2. The van der Waals surface area contributed by atoms with Crippen molar-refractivity contribution >= 4 is 29.4 Å². The molecule has 0 atom stereocenters. The normalized spacial score (nSPS) is 10.6. The number of nitriles is 1. The van der Waals surface area contributed by atoms with Gasteiger partial charge in [0.2, 0.25) is 0 Å². The van der Waals surface area contributed by atoms with Crippen molar-refractivity contribution in [1.82, 2.24) is 0 Å². The Morgan fingerprint density at radius 3 is 2.24 bits per heavy atom. The maximum atomic E-state index is 12.6. The Hall–Kier alpha value is -4.97. The van der Waals surface area contributed by atoms with Crippen LogP contribution in [0, 0.1) is 18.3 Å². The molecule has 9 nitrogen and oxygen atoms in total. The van der Waals surface area contributed by atoms with Crippen LogP contribution in [0.4, 0.5) is 11.4 Å². The number of nitrogen functional groups attached to an aromatic ring is 2. The number of aryl methyl sites for hydroxylation is 1. The number of nitrogens with zero attached hydrogens (tertiary/aromatic N) is 1. The second-order valence-electron chi connectivity index (χ2n) is 9.26. The second-order valence-corrected chi connectivity index (χ2v) is 9.26. The Labute approximate surface area is 240 Å². The topological polar surface area (TPSA) is 147 Å². The smallest absolute Gasteiger partial charge is 0.343 e. The molecule has 0 fully saturated rings. The van der Waals surface area contributed by atoms with Crippen LogP contribution in [0.5, 0.6) is 17.2 Å². The van der Waals surface area contributed by atoms with Crippen molar-refractivity contribution in [2.45, 2.75) is 39.0 Å². The summed E-state index contributed by atoms with van der Waals surface area (Å²) in [7, 11) is 0. The minimum Gasteiger partial charge on any atom is -0.494 e. The highest BCUT2D eigenvalue weighted by Crippen LogP contribution is 2.24. The number of ether oxygens (including phenoxy) is 4. The number of esters is 2. The van der Waals surface area contributed by atoms with E-state index in [2.05, 4.69) is 0 Å². The van der Waals surface area contributed by atoms with E-state index in [-0.39, 0.29) is 13.0 Å². The standard InChI is InChI=1S/C32H35N3O6/c1-23-21-24(8-16-31(36)40-20-6-17-33)7-14-29(23)41-32(37)25-9-12-27(13-10-25)38-18-4-2-3-5-19-39-30-15-11-26(34)22-28(30)35/h7-16,21-22H,2-6,18-20,34-35H2,1H3/b16-8+. The SMILES string of the molecule is Cc1cc(/C=C/C(=O)OCCC#N)ccc1OC(=O)c1ccc(OCCCCCCOc2ccc(N)cc2N)cc1. The summed E-state index contributed by atoms with van der Waals surface area (Å²) < 4.78 is 21.9. The van der Waals surface area contributed by atoms with E-state index in [0.717, 1.165) is 36.8 Å². The van der Waals surface area contributed by atoms with E-state index < -0.39 is 11.9 Å². The first-order chi connectivity index (χ1) is 19.9. The summed E-state index contributed by atoms with van der Waals surface area (Å²) in [5, 5.41) is 8.48. The highest BCUT2D eigenvalue weighted by molar-refractivity contribution is 5.91. The highest BCUT2D eigenvalue weighted by atomic mass is 16.5. The van der Waals surface area contributed by atoms with Crippen LogP contribution >= 0.6 is 0 Å². The molecule has 3 rings (SSSR count). The van der Waals surface area contributed by atoms with Crippen LogP contribution in [-0.2, 0) is 9.53 Å². The zero-order chi connectivity index (χ0) is 29.5. The van der Waals surface area contributed by atoms with Crippen molar-refractivity contribution in [2.24, 2.45) is 0 Å². The Morgan fingerprint density at radius 2 is 1.56 bits per heavy atom. The lowest BCUT2D eigenvalue weighted by atomic mass is 10.1. The lowest BCUT2D eigenvalue weighted by molar-refractivity contribution is -0.137. The monoisotopic (exact) mass is 557 g/mol. The molecule has 0 bridgehead atoms. The van der Waals surface area contributed by atoms with Gasteiger partial charge in [0, 0.05) is 11.8 Å². The summed E-state index contributed by atoms with van der Waals surface area (Å²) in [6.45, 7) is 3.04. The van der Waals surface area contributed by atoms with Crippen LogP contribution in [0.2, 0.25) is 0 Å². The minimum absolute atomic E-state index is 0.0564. The molecule has 0 saturated heterocycles. The van der Waals surface area contributed by atoms with Crippen LogP contribution in [0.1, 0.15) is 53.6 Å². The molecule has 0 amide bonds. The summed E-state index contributed by atoms with van der Waals surface area (Å²) >= 11 is 0. The van der Waals surface area contributed by atoms with Crippen molar-refractivity contribution in [3.05, 3.63) is 83.4 Å². The zero-order valence-corrected chi connectivity index (χ0v) is 23.1. The van der Waals surface area contributed by atoms with Gasteiger partial charge in [0.25, 0.3) is 0 Å². The Bertz CT molecular complexity index is 1380. The van der Waals surface area contributed by atoms with Gasteiger partial charge in [-0.25, -0.2) is 9.59 Å². The fourth-order valence-corrected chi connectivity index (χ4v) is 3.77.